The zero-order valence-electron chi connectivity index (χ0n) is 17.1. The number of hydrogen-bond acceptors (Lipinski definition) is 8. The summed E-state index contributed by atoms with van der Waals surface area (Å²) in [5.41, 5.74) is 0.837. The quantitative estimate of drug-likeness (QED) is 0.700. The highest BCUT2D eigenvalue weighted by molar-refractivity contribution is 7.13. The summed E-state index contributed by atoms with van der Waals surface area (Å²) in [5, 5.41) is 6.03. The first-order valence-corrected chi connectivity index (χ1v) is 10.4. The monoisotopic (exact) mass is 420 g/mol. The lowest BCUT2D eigenvalue weighted by molar-refractivity contribution is -0.122. The van der Waals surface area contributed by atoms with Crippen LogP contribution in [0.5, 0.6) is 17.2 Å². The number of thiazole rings is 1. The van der Waals surface area contributed by atoms with E-state index in [1.54, 1.807) is 38.7 Å². The van der Waals surface area contributed by atoms with Gasteiger partial charge in [0.2, 0.25) is 5.91 Å². The lowest BCUT2D eigenvalue weighted by Crippen LogP contribution is -2.39. The van der Waals surface area contributed by atoms with Crippen molar-refractivity contribution in [3.63, 3.8) is 0 Å². The molecule has 1 aliphatic rings. The van der Waals surface area contributed by atoms with Crippen LogP contribution in [0.15, 0.2) is 23.7 Å². The number of methoxy groups -OCH3 is 3. The first kappa shape index (κ1) is 21.2. The molecule has 158 valence electrons. The summed E-state index contributed by atoms with van der Waals surface area (Å²) >= 11 is 1.65. The van der Waals surface area contributed by atoms with Gasteiger partial charge in [0, 0.05) is 55.9 Å². The van der Waals surface area contributed by atoms with E-state index in [9.17, 15) is 4.79 Å². The number of benzene rings is 1. The van der Waals surface area contributed by atoms with Crippen molar-refractivity contribution in [1.82, 2.24) is 15.2 Å². The van der Waals surface area contributed by atoms with Crippen molar-refractivity contribution in [2.45, 2.75) is 13.0 Å². The lowest BCUT2D eigenvalue weighted by atomic mass is 10.1. The maximum absolute atomic E-state index is 12.5. The minimum absolute atomic E-state index is 0.00969. The fourth-order valence-electron chi connectivity index (χ4n) is 3.38. The number of nitrogens with one attached hydrogen (secondary N) is 1. The number of aromatic nitrogens is 1. The zero-order chi connectivity index (χ0) is 20.6. The van der Waals surface area contributed by atoms with Crippen LogP contribution in [0.3, 0.4) is 0 Å². The molecule has 29 heavy (non-hydrogen) atoms. The van der Waals surface area contributed by atoms with Crippen LogP contribution >= 0.6 is 11.3 Å². The van der Waals surface area contributed by atoms with Crippen molar-refractivity contribution >= 4 is 22.4 Å². The van der Waals surface area contributed by atoms with Crippen LogP contribution in [0.25, 0.3) is 0 Å². The van der Waals surface area contributed by atoms with Gasteiger partial charge in [-0.05, 0) is 12.5 Å². The number of ether oxygens (including phenoxy) is 3. The van der Waals surface area contributed by atoms with Gasteiger partial charge >= 0.3 is 0 Å². The van der Waals surface area contributed by atoms with Crippen LogP contribution in [0.1, 0.15) is 12.0 Å². The van der Waals surface area contributed by atoms with E-state index >= 15 is 0 Å². The Morgan fingerprint density at radius 1 is 1.07 bits per heavy atom. The molecule has 0 unspecified atom stereocenters. The number of nitrogens with zero attached hydrogens (tertiary/aromatic N) is 3. The second-order valence-corrected chi connectivity index (χ2v) is 7.60. The molecule has 1 aromatic carbocycles. The van der Waals surface area contributed by atoms with Gasteiger partial charge in [0.25, 0.3) is 0 Å². The SMILES string of the molecule is COc1cc(OC)c(OC)cc1CNC(=O)CN1CCCN(c2nccs2)CC1. The molecule has 1 aliphatic heterocycles. The minimum atomic E-state index is -0.00969. The maximum atomic E-state index is 12.5. The number of amides is 1. The van der Waals surface area contributed by atoms with E-state index in [-0.39, 0.29) is 5.91 Å². The van der Waals surface area contributed by atoms with Crippen molar-refractivity contribution in [1.29, 1.82) is 0 Å². The van der Waals surface area contributed by atoms with Gasteiger partial charge < -0.3 is 24.4 Å². The van der Waals surface area contributed by atoms with E-state index in [0.717, 1.165) is 43.3 Å². The third-order valence-electron chi connectivity index (χ3n) is 4.91. The summed E-state index contributed by atoms with van der Waals surface area (Å²) < 4.78 is 16.1. The molecule has 0 atom stereocenters. The Hall–Kier alpha value is -2.52. The Bertz CT molecular complexity index is 800. The normalized spacial score (nSPS) is 14.9. The van der Waals surface area contributed by atoms with Gasteiger partial charge in [-0.25, -0.2) is 4.98 Å². The van der Waals surface area contributed by atoms with E-state index in [1.165, 1.54) is 0 Å². The number of carbonyl (C=O) groups is 1. The topological polar surface area (TPSA) is 76.2 Å². The van der Waals surface area contributed by atoms with E-state index < -0.39 is 0 Å². The molecular weight excluding hydrogens is 392 g/mol. The lowest BCUT2D eigenvalue weighted by Gasteiger charge is -2.21. The summed E-state index contributed by atoms with van der Waals surface area (Å²) in [5.74, 6) is 1.84. The largest absolute Gasteiger partial charge is 0.496 e. The van der Waals surface area contributed by atoms with E-state index in [1.807, 2.05) is 17.6 Å². The highest BCUT2D eigenvalue weighted by Gasteiger charge is 2.19. The molecule has 2 heterocycles. The van der Waals surface area contributed by atoms with Crippen LogP contribution < -0.4 is 24.4 Å². The third-order valence-corrected chi connectivity index (χ3v) is 5.74. The molecule has 3 rings (SSSR count). The van der Waals surface area contributed by atoms with Crippen molar-refractivity contribution in [3.05, 3.63) is 29.3 Å². The summed E-state index contributed by atoms with van der Waals surface area (Å²) in [7, 11) is 4.76. The second-order valence-electron chi connectivity index (χ2n) is 6.73. The summed E-state index contributed by atoms with van der Waals surface area (Å²) in [4.78, 5) is 21.4. The molecule has 0 saturated carbocycles. The number of hydrogen-bond donors (Lipinski definition) is 1. The molecule has 0 spiro atoms. The minimum Gasteiger partial charge on any atom is -0.496 e. The van der Waals surface area contributed by atoms with E-state index in [2.05, 4.69) is 20.1 Å². The molecule has 9 heteroatoms. The smallest absolute Gasteiger partial charge is 0.234 e. The Balaban J connectivity index is 1.53. The molecule has 0 radical (unpaired) electrons. The van der Waals surface area contributed by atoms with Crippen molar-refractivity contribution in [2.24, 2.45) is 0 Å². The fourth-order valence-corrected chi connectivity index (χ4v) is 4.07. The second kappa shape index (κ2) is 10.3. The molecular formula is C20H28N4O4S. The highest BCUT2D eigenvalue weighted by Crippen LogP contribution is 2.34. The summed E-state index contributed by atoms with van der Waals surface area (Å²) in [6.07, 6.45) is 2.84. The first-order valence-electron chi connectivity index (χ1n) is 9.57. The first-order chi connectivity index (χ1) is 14.1. The molecule has 0 aliphatic carbocycles. The predicted octanol–water partition coefficient (Wildman–Crippen LogP) is 2.00. The Morgan fingerprint density at radius 2 is 1.83 bits per heavy atom. The van der Waals surface area contributed by atoms with Gasteiger partial charge in [-0.2, -0.15) is 0 Å². The summed E-state index contributed by atoms with van der Waals surface area (Å²) in [6.45, 7) is 4.32. The van der Waals surface area contributed by atoms with Gasteiger partial charge in [0.05, 0.1) is 27.9 Å². The van der Waals surface area contributed by atoms with Gasteiger partial charge in [-0.3, -0.25) is 9.69 Å². The van der Waals surface area contributed by atoms with Gasteiger partial charge in [0.15, 0.2) is 16.6 Å². The molecule has 2 aromatic rings. The van der Waals surface area contributed by atoms with E-state index in [0.29, 0.717) is 30.3 Å². The molecule has 1 fully saturated rings. The molecule has 1 saturated heterocycles. The van der Waals surface area contributed by atoms with Crippen molar-refractivity contribution in [3.8, 4) is 17.2 Å². The Labute approximate surface area is 175 Å². The Kier molecular flexibility index (Phi) is 7.54. The maximum Gasteiger partial charge on any atom is 0.234 e. The van der Waals surface area contributed by atoms with Gasteiger partial charge in [-0.1, -0.05) is 0 Å². The van der Waals surface area contributed by atoms with Crippen LogP contribution in [0.2, 0.25) is 0 Å². The van der Waals surface area contributed by atoms with Gasteiger partial charge in [-0.15, -0.1) is 11.3 Å². The van der Waals surface area contributed by atoms with Crippen LogP contribution in [0.4, 0.5) is 5.13 Å². The number of carbonyl (C=O) groups excluding carboxylic acids is 1. The van der Waals surface area contributed by atoms with Crippen LogP contribution in [0, 0.1) is 0 Å². The van der Waals surface area contributed by atoms with Crippen molar-refractivity contribution in [2.75, 3.05) is 59.0 Å². The predicted molar refractivity (Wildman–Crippen MR) is 113 cm³/mol. The summed E-state index contributed by atoms with van der Waals surface area (Å²) in [6, 6.07) is 3.60. The van der Waals surface area contributed by atoms with Gasteiger partial charge in [0.1, 0.15) is 5.75 Å². The standard InChI is InChI=1S/C20H28N4O4S/c1-26-16-12-18(28-3)17(27-2)11-15(16)13-22-19(25)14-23-6-4-7-24(9-8-23)20-21-5-10-29-20/h5,10-12H,4,6-9,13-14H2,1-3H3,(H,22,25). The number of anilines is 1. The fraction of sp³-hybridized carbons (Fsp3) is 0.500. The zero-order valence-corrected chi connectivity index (χ0v) is 18.0. The van der Waals surface area contributed by atoms with Crippen LogP contribution in [-0.4, -0.2) is 69.8 Å². The third kappa shape index (κ3) is 5.51. The molecule has 1 aromatic heterocycles. The number of rotatable bonds is 8. The molecule has 0 bridgehead atoms. The van der Waals surface area contributed by atoms with Crippen LogP contribution in [-0.2, 0) is 11.3 Å². The average Bonchev–Trinajstić information content (AvgIpc) is 3.18. The van der Waals surface area contributed by atoms with E-state index in [4.69, 9.17) is 14.2 Å². The highest BCUT2D eigenvalue weighted by atomic mass is 32.1. The molecule has 1 N–H and O–H groups in total. The Morgan fingerprint density at radius 3 is 2.52 bits per heavy atom. The van der Waals surface area contributed by atoms with Crippen molar-refractivity contribution < 1.29 is 19.0 Å². The molecule has 8 nitrogen and oxygen atoms in total. The molecule has 1 amide bonds. The average molecular weight is 421 g/mol.